The van der Waals surface area contributed by atoms with Crippen LogP contribution >= 0.6 is 0 Å². The lowest BCUT2D eigenvalue weighted by atomic mass is 10.2. The second-order valence-electron chi connectivity index (χ2n) is 4.65. The van der Waals surface area contributed by atoms with Crippen molar-refractivity contribution in [1.29, 1.82) is 0 Å². The standard InChI is InChI=1S/C15H16O5S2/c1-3-21(16,17)15-11-7-5-9-13(15)20-22(18,19)14-10-6-4-8-12(14)2/h4-11H,3H2,1-2H3. The second-order valence-corrected chi connectivity index (χ2v) is 8.41. The highest BCUT2D eigenvalue weighted by atomic mass is 32.2. The Hall–Kier alpha value is -1.86. The Balaban J connectivity index is 2.51. The lowest BCUT2D eigenvalue weighted by molar-refractivity contribution is 0.478. The molecular weight excluding hydrogens is 324 g/mol. The van der Waals surface area contributed by atoms with Gasteiger partial charge in [-0.1, -0.05) is 37.3 Å². The molecule has 0 atom stereocenters. The molecule has 0 aliphatic rings. The number of sulfone groups is 1. The summed E-state index contributed by atoms with van der Waals surface area (Å²) in [5, 5.41) is 0. The van der Waals surface area contributed by atoms with Crippen molar-refractivity contribution in [1.82, 2.24) is 0 Å². The summed E-state index contributed by atoms with van der Waals surface area (Å²) in [4.78, 5) is -0.117. The van der Waals surface area contributed by atoms with Gasteiger partial charge in [0.2, 0.25) is 0 Å². The summed E-state index contributed by atoms with van der Waals surface area (Å²) in [5.41, 5.74) is 0.526. The SMILES string of the molecule is CCS(=O)(=O)c1ccccc1OS(=O)(=O)c1ccccc1C. The van der Waals surface area contributed by atoms with Crippen molar-refractivity contribution >= 4 is 20.0 Å². The van der Waals surface area contributed by atoms with Gasteiger partial charge in [0.15, 0.2) is 15.6 Å². The quantitative estimate of drug-likeness (QED) is 0.782. The van der Waals surface area contributed by atoms with E-state index in [0.29, 0.717) is 5.56 Å². The summed E-state index contributed by atoms with van der Waals surface area (Å²) in [7, 11) is -7.68. The Kier molecular flexibility index (Phi) is 4.58. The van der Waals surface area contributed by atoms with Crippen LogP contribution in [0.2, 0.25) is 0 Å². The highest BCUT2D eigenvalue weighted by Crippen LogP contribution is 2.28. The van der Waals surface area contributed by atoms with E-state index in [4.69, 9.17) is 4.18 Å². The topological polar surface area (TPSA) is 77.5 Å². The average Bonchev–Trinajstić information content (AvgIpc) is 2.47. The molecule has 0 radical (unpaired) electrons. The maximum Gasteiger partial charge on any atom is 0.339 e. The van der Waals surface area contributed by atoms with Gasteiger partial charge >= 0.3 is 10.1 Å². The maximum atomic E-state index is 12.4. The second kappa shape index (κ2) is 6.10. The minimum absolute atomic E-state index is 0.0127. The fourth-order valence-electron chi connectivity index (χ4n) is 1.93. The summed E-state index contributed by atoms with van der Waals surface area (Å²) in [5.74, 6) is -0.328. The number of hydrogen-bond donors (Lipinski definition) is 0. The average molecular weight is 340 g/mol. The van der Waals surface area contributed by atoms with E-state index in [1.165, 1.54) is 37.3 Å². The summed E-state index contributed by atoms with van der Waals surface area (Å²) < 4.78 is 53.9. The van der Waals surface area contributed by atoms with Crippen LogP contribution in [0.25, 0.3) is 0 Å². The van der Waals surface area contributed by atoms with Crippen LogP contribution < -0.4 is 4.18 Å². The predicted molar refractivity (Wildman–Crippen MR) is 83.2 cm³/mol. The molecule has 0 saturated heterocycles. The highest BCUT2D eigenvalue weighted by Gasteiger charge is 2.24. The molecule has 0 N–H and O–H groups in total. The molecule has 2 rings (SSSR count). The summed E-state index contributed by atoms with van der Waals surface area (Å²) in [6.07, 6.45) is 0. The van der Waals surface area contributed by atoms with Crippen molar-refractivity contribution < 1.29 is 21.0 Å². The van der Waals surface area contributed by atoms with Crippen LogP contribution in [0.4, 0.5) is 0 Å². The highest BCUT2D eigenvalue weighted by molar-refractivity contribution is 7.91. The summed E-state index contributed by atoms with van der Waals surface area (Å²) in [6, 6.07) is 12.1. The Morgan fingerprint density at radius 1 is 0.864 bits per heavy atom. The molecular formula is C15H16O5S2. The van der Waals surface area contributed by atoms with Crippen LogP contribution in [0.1, 0.15) is 12.5 Å². The first-order valence-corrected chi connectivity index (χ1v) is 9.66. The van der Waals surface area contributed by atoms with Crippen LogP contribution in [0, 0.1) is 6.92 Å². The Bertz CT molecular complexity index is 884. The zero-order chi connectivity index (χ0) is 16.4. The van der Waals surface area contributed by atoms with E-state index in [-0.39, 0.29) is 21.3 Å². The molecule has 2 aromatic rings. The van der Waals surface area contributed by atoms with Gasteiger partial charge in [-0.05, 0) is 30.7 Å². The van der Waals surface area contributed by atoms with Crippen LogP contribution in [-0.2, 0) is 20.0 Å². The van der Waals surface area contributed by atoms with Crippen molar-refractivity contribution in [2.45, 2.75) is 23.6 Å². The van der Waals surface area contributed by atoms with E-state index >= 15 is 0 Å². The molecule has 0 spiro atoms. The molecule has 22 heavy (non-hydrogen) atoms. The Labute approximate surface area is 130 Å². The number of aryl methyl sites for hydroxylation is 1. The van der Waals surface area contributed by atoms with E-state index in [1.54, 1.807) is 25.1 Å². The monoisotopic (exact) mass is 340 g/mol. The summed E-state index contributed by atoms with van der Waals surface area (Å²) in [6.45, 7) is 3.13. The number of rotatable bonds is 5. The van der Waals surface area contributed by atoms with E-state index in [1.807, 2.05) is 0 Å². The van der Waals surface area contributed by atoms with Gasteiger partial charge in [-0.25, -0.2) is 8.42 Å². The third-order valence-corrected chi connectivity index (χ3v) is 6.29. The molecule has 2 aromatic carbocycles. The normalized spacial score (nSPS) is 12.1. The van der Waals surface area contributed by atoms with Gasteiger partial charge in [-0.15, -0.1) is 0 Å². The van der Waals surface area contributed by atoms with Gasteiger partial charge in [-0.3, -0.25) is 0 Å². The van der Waals surface area contributed by atoms with Crippen LogP contribution in [-0.4, -0.2) is 22.6 Å². The van der Waals surface area contributed by atoms with Gasteiger partial charge < -0.3 is 4.18 Å². The predicted octanol–water partition coefficient (Wildman–Crippen LogP) is 2.56. The first-order valence-electron chi connectivity index (χ1n) is 6.60. The molecule has 0 aliphatic heterocycles. The van der Waals surface area contributed by atoms with Crippen LogP contribution in [0.5, 0.6) is 5.75 Å². The van der Waals surface area contributed by atoms with Crippen molar-refractivity contribution in [2.75, 3.05) is 5.75 Å². The van der Waals surface area contributed by atoms with Gasteiger partial charge in [0.25, 0.3) is 0 Å². The number of para-hydroxylation sites is 1. The first-order chi connectivity index (χ1) is 10.3. The number of benzene rings is 2. The third-order valence-electron chi connectivity index (χ3n) is 3.13. The van der Waals surface area contributed by atoms with Crippen molar-refractivity contribution in [3.63, 3.8) is 0 Å². The lowest BCUT2D eigenvalue weighted by Gasteiger charge is -2.12. The molecule has 0 saturated carbocycles. The molecule has 7 heteroatoms. The molecule has 0 unspecified atom stereocenters. The van der Waals surface area contributed by atoms with Crippen LogP contribution in [0.15, 0.2) is 58.3 Å². The Morgan fingerprint density at radius 3 is 2.00 bits per heavy atom. The molecule has 0 amide bonds. The molecule has 0 fully saturated rings. The first kappa shape index (κ1) is 16.5. The molecule has 0 heterocycles. The third kappa shape index (κ3) is 3.31. The maximum absolute atomic E-state index is 12.4. The Morgan fingerprint density at radius 2 is 1.41 bits per heavy atom. The number of hydrogen-bond acceptors (Lipinski definition) is 5. The molecule has 0 aromatic heterocycles. The van der Waals surface area contributed by atoms with Gasteiger partial charge in [-0.2, -0.15) is 8.42 Å². The zero-order valence-electron chi connectivity index (χ0n) is 12.2. The van der Waals surface area contributed by atoms with Crippen molar-refractivity contribution in [3.05, 3.63) is 54.1 Å². The lowest BCUT2D eigenvalue weighted by Crippen LogP contribution is -2.14. The largest absolute Gasteiger partial charge is 0.378 e. The van der Waals surface area contributed by atoms with Crippen molar-refractivity contribution in [2.24, 2.45) is 0 Å². The summed E-state index contributed by atoms with van der Waals surface area (Å²) >= 11 is 0. The van der Waals surface area contributed by atoms with Gasteiger partial charge in [0.1, 0.15) is 9.79 Å². The van der Waals surface area contributed by atoms with E-state index in [2.05, 4.69) is 0 Å². The van der Waals surface area contributed by atoms with E-state index in [0.717, 1.165) is 0 Å². The molecule has 5 nitrogen and oxygen atoms in total. The molecule has 118 valence electrons. The van der Waals surface area contributed by atoms with E-state index < -0.39 is 20.0 Å². The van der Waals surface area contributed by atoms with Gasteiger partial charge in [0.05, 0.1) is 5.75 Å². The van der Waals surface area contributed by atoms with Crippen molar-refractivity contribution in [3.8, 4) is 5.75 Å². The smallest absolute Gasteiger partial charge is 0.339 e. The zero-order valence-corrected chi connectivity index (χ0v) is 13.8. The minimum atomic E-state index is -4.10. The molecule has 0 aliphatic carbocycles. The van der Waals surface area contributed by atoms with Crippen LogP contribution in [0.3, 0.4) is 0 Å². The van der Waals surface area contributed by atoms with Gasteiger partial charge in [0, 0.05) is 0 Å². The fourth-order valence-corrected chi connectivity index (χ4v) is 4.18. The minimum Gasteiger partial charge on any atom is -0.378 e. The molecule has 0 bridgehead atoms. The fraction of sp³-hybridized carbons (Fsp3) is 0.200. The van der Waals surface area contributed by atoms with E-state index in [9.17, 15) is 16.8 Å².